The minimum Gasteiger partial charge on any atom is -0.495 e. The average Bonchev–Trinajstić information content (AvgIpc) is 3.30. The number of carbonyl (C=O) groups excluding carboxylic acids is 3. The van der Waals surface area contributed by atoms with Crippen LogP contribution in [0.5, 0.6) is 5.75 Å². The fourth-order valence-electron chi connectivity index (χ4n) is 3.93. The second-order valence-corrected chi connectivity index (χ2v) is 11.9. The predicted octanol–water partition coefficient (Wildman–Crippen LogP) is 4.52. The third kappa shape index (κ3) is 11.7. The van der Waals surface area contributed by atoms with E-state index in [0.29, 0.717) is 29.1 Å². The molecule has 1 aliphatic rings. The number of methoxy groups -OCH3 is 2. The molecule has 1 aromatic carbocycles. The smallest absolute Gasteiger partial charge is 0.256 e. The van der Waals surface area contributed by atoms with E-state index >= 15 is 0 Å². The van der Waals surface area contributed by atoms with Crippen LogP contribution in [0, 0.1) is 11.3 Å². The van der Waals surface area contributed by atoms with Gasteiger partial charge in [-0.25, -0.2) is 0 Å². The molecule has 3 amide bonds. The fourth-order valence-corrected chi connectivity index (χ4v) is 4.10. The summed E-state index contributed by atoms with van der Waals surface area (Å²) in [4.78, 5) is 50.2. The van der Waals surface area contributed by atoms with Crippen LogP contribution in [0.1, 0.15) is 68.7 Å². The van der Waals surface area contributed by atoms with Crippen molar-refractivity contribution in [2.45, 2.75) is 86.4 Å². The molecule has 1 aromatic heterocycles. The SMILES string of the molecule is CC.CC1CCN(C(=O)C(NC=O)C(C)(C)C)C1C(N)=O.COC(C)(C)C.COc1c[nH]c(=O)c2cc(Cl)ccc12. The molecule has 232 valence electrons. The molecule has 2 aromatic rings. The summed E-state index contributed by atoms with van der Waals surface area (Å²) in [6.45, 7) is 18.1. The van der Waals surface area contributed by atoms with Crippen LogP contribution in [-0.2, 0) is 19.1 Å². The molecule has 2 heterocycles. The summed E-state index contributed by atoms with van der Waals surface area (Å²) in [5, 5.41) is 4.39. The van der Waals surface area contributed by atoms with Crippen molar-refractivity contribution in [3.05, 3.63) is 39.8 Å². The van der Waals surface area contributed by atoms with Gasteiger partial charge in [0.15, 0.2) is 0 Å². The lowest BCUT2D eigenvalue weighted by molar-refractivity contribution is -0.142. The zero-order valence-electron chi connectivity index (χ0n) is 26.4. The molecule has 41 heavy (non-hydrogen) atoms. The first-order valence-corrected chi connectivity index (χ1v) is 14.1. The second kappa shape index (κ2) is 17.0. The van der Waals surface area contributed by atoms with E-state index in [2.05, 4.69) is 10.3 Å². The van der Waals surface area contributed by atoms with Crippen LogP contribution in [0.15, 0.2) is 29.2 Å². The third-order valence-electron chi connectivity index (χ3n) is 6.28. The van der Waals surface area contributed by atoms with E-state index in [-0.39, 0.29) is 23.0 Å². The first kappa shape index (κ1) is 37.9. The number of fused-ring (bicyclic) bond motifs is 1. The number of nitrogens with one attached hydrogen (secondary N) is 2. The zero-order valence-corrected chi connectivity index (χ0v) is 27.1. The number of nitrogens with zero attached hydrogens (tertiary/aromatic N) is 1. The molecule has 3 unspecified atom stereocenters. The Morgan fingerprint density at radius 3 is 2.15 bits per heavy atom. The maximum atomic E-state index is 12.5. The molecule has 0 aliphatic carbocycles. The van der Waals surface area contributed by atoms with Gasteiger partial charge in [0.1, 0.15) is 17.8 Å². The van der Waals surface area contributed by atoms with E-state index in [1.54, 1.807) is 38.6 Å². The van der Waals surface area contributed by atoms with Gasteiger partial charge in [-0.2, -0.15) is 0 Å². The maximum absolute atomic E-state index is 12.5. The summed E-state index contributed by atoms with van der Waals surface area (Å²) in [5.74, 6) is -0.0422. The van der Waals surface area contributed by atoms with Crippen molar-refractivity contribution < 1.29 is 23.9 Å². The highest BCUT2D eigenvalue weighted by Crippen LogP contribution is 2.28. The van der Waals surface area contributed by atoms with Gasteiger partial charge < -0.3 is 30.4 Å². The highest BCUT2D eigenvalue weighted by molar-refractivity contribution is 6.31. The normalized spacial score (nSPS) is 17.0. The van der Waals surface area contributed by atoms with Gasteiger partial charge in [0, 0.05) is 30.3 Å². The number of halogens is 1. The lowest BCUT2D eigenvalue weighted by Gasteiger charge is -2.34. The Labute approximate surface area is 249 Å². The molecule has 4 N–H and O–H groups in total. The summed E-state index contributed by atoms with van der Waals surface area (Å²) in [7, 11) is 3.27. The molecule has 0 bridgehead atoms. The van der Waals surface area contributed by atoms with Crippen LogP contribution in [0.2, 0.25) is 5.02 Å². The van der Waals surface area contributed by atoms with Crippen molar-refractivity contribution in [1.29, 1.82) is 0 Å². The zero-order chi connectivity index (χ0) is 32.1. The Morgan fingerprint density at radius 1 is 1.15 bits per heavy atom. The standard InChI is InChI=1S/C13H23N3O3.C10H8ClNO2.C5H12O.C2H6/c1-8-5-6-16(9(8)11(14)18)12(19)10(15-7-17)13(2,3)4;1-14-9-5-12-10(13)8-4-6(11)2-3-7(8)9;1-5(2,3)6-4;1-2/h7-10H,5-6H2,1-4H3,(H2,14,18)(H,15,17);2-5H,1H3,(H,12,13);1-4H3;1-2H3. The van der Waals surface area contributed by atoms with E-state index < -0.39 is 23.4 Å². The number of hydrogen-bond donors (Lipinski definition) is 3. The summed E-state index contributed by atoms with van der Waals surface area (Å²) < 4.78 is 10.0. The minimum absolute atomic E-state index is 0.0417. The summed E-state index contributed by atoms with van der Waals surface area (Å²) in [6, 6.07) is 3.89. The lowest BCUT2D eigenvalue weighted by Crippen LogP contribution is -2.56. The van der Waals surface area contributed by atoms with E-state index in [0.717, 1.165) is 11.8 Å². The highest BCUT2D eigenvalue weighted by atomic mass is 35.5. The number of aromatic nitrogens is 1. The van der Waals surface area contributed by atoms with Gasteiger partial charge in [-0.1, -0.05) is 53.1 Å². The summed E-state index contributed by atoms with van der Waals surface area (Å²) in [5.41, 5.74) is 4.83. The molecule has 0 radical (unpaired) electrons. The van der Waals surface area contributed by atoms with Crippen molar-refractivity contribution in [2.24, 2.45) is 17.1 Å². The number of amides is 3. The van der Waals surface area contributed by atoms with Crippen molar-refractivity contribution in [3.8, 4) is 5.75 Å². The van der Waals surface area contributed by atoms with Crippen molar-refractivity contribution >= 4 is 40.6 Å². The molecule has 11 heteroatoms. The fraction of sp³-hybridized carbons (Fsp3) is 0.600. The Hall–Kier alpha value is -3.11. The predicted molar refractivity (Wildman–Crippen MR) is 165 cm³/mol. The number of nitrogens with two attached hydrogens (primary N) is 1. The molecule has 1 fully saturated rings. The first-order valence-electron chi connectivity index (χ1n) is 13.7. The number of hydrogen-bond acceptors (Lipinski definition) is 6. The third-order valence-corrected chi connectivity index (χ3v) is 6.52. The van der Waals surface area contributed by atoms with Crippen molar-refractivity contribution in [3.63, 3.8) is 0 Å². The van der Waals surface area contributed by atoms with Gasteiger partial charge >= 0.3 is 0 Å². The van der Waals surface area contributed by atoms with Gasteiger partial charge in [-0.3, -0.25) is 19.2 Å². The molecule has 0 saturated carbocycles. The number of rotatable bonds is 5. The molecule has 1 aliphatic heterocycles. The van der Waals surface area contributed by atoms with E-state index in [1.165, 1.54) is 4.90 Å². The first-order chi connectivity index (χ1) is 19.0. The minimum atomic E-state index is -0.655. The second-order valence-electron chi connectivity index (χ2n) is 11.4. The molecule has 0 spiro atoms. The molecular formula is C30H49ClN4O6. The van der Waals surface area contributed by atoms with Crippen LogP contribution in [0.4, 0.5) is 0 Å². The molecule has 3 rings (SSSR count). The van der Waals surface area contributed by atoms with Crippen molar-refractivity contribution in [2.75, 3.05) is 20.8 Å². The molecule has 1 saturated heterocycles. The molecular weight excluding hydrogens is 548 g/mol. The number of primary amides is 1. The van der Waals surface area contributed by atoms with Crippen LogP contribution in [-0.4, -0.2) is 66.6 Å². The van der Waals surface area contributed by atoms with E-state index in [1.807, 2.05) is 62.3 Å². The van der Waals surface area contributed by atoms with Gasteiger partial charge in [-0.15, -0.1) is 0 Å². The van der Waals surface area contributed by atoms with E-state index in [9.17, 15) is 19.2 Å². The number of pyridine rings is 1. The van der Waals surface area contributed by atoms with Gasteiger partial charge in [0.2, 0.25) is 18.2 Å². The number of carbonyl (C=O) groups is 3. The van der Waals surface area contributed by atoms with Crippen LogP contribution in [0.25, 0.3) is 10.8 Å². The largest absolute Gasteiger partial charge is 0.495 e. The quantitative estimate of drug-likeness (QED) is 0.433. The number of aromatic amines is 1. The molecule has 3 atom stereocenters. The van der Waals surface area contributed by atoms with Gasteiger partial charge in [-0.05, 0) is 56.7 Å². The number of benzene rings is 1. The Bertz CT molecular complexity index is 1190. The molecule has 10 nitrogen and oxygen atoms in total. The van der Waals surface area contributed by atoms with Crippen molar-refractivity contribution in [1.82, 2.24) is 15.2 Å². The number of H-pyrrole nitrogens is 1. The monoisotopic (exact) mass is 596 g/mol. The average molecular weight is 597 g/mol. The van der Waals surface area contributed by atoms with Crippen LogP contribution < -0.4 is 21.3 Å². The number of likely N-dealkylation sites (tertiary alicyclic amines) is 1. The lowest BCUT2D eigenvalue weighted by atomic mass is 9.85. The van der Waals surface area contributed by atoms with E-state index in [4.69, 9.17) is 26.8 Å². The summed E-state index contributed by atoms with van der Waals surface area (Å²) in [6.07, 6.45) is 2.81. The highest BCUT2D eigenvalue weighted by Gasteiger charge is 2.43. The van der Waals surface area contributed by atoms with Crippen LogP contribution in [0.3, 0.4) is 0 Å². The van der Waals surface area contributed by atoms with Crippen LogP contribution >= 0.6 is 11.6 Å². The summed E-state index contributed by atoms with van der Waals surface area (Å²) >= 11 is 5.79. The topological polar surface area (TPSA) is 144 Å². The van der Waals surface area contributed by atoms with Gasteiger partial charge in [0.25, 0.3) is 5.56 Å². The van der Waals surface area contributed by atoms with Gasteiger partial charge in [0.05, 0.1) is 18.1 Å². The Balaban J connectivity index is 0.000000635. The Morgan fingerprint density at radius 2 is 1.71 bits per heavy atom. The number of ether oxygens (including phenoxy) is 2. The maximum Gasteiger partial charge on any atom is 0.256 e. The Kier molecular flexibility index (Phi) is 15.7.